The van der Waals surface area contributed by atoms with Gasteiger partial charge in [0.25, 0.3) is 0 Å². The monoisotopic (exact) mass is 264 g/mol. The highest BCUT2D eigenvalue weighted by Gasteiger charge is 2.37. The molecule has 1 heterocycles. The third kappa shape index (κ3) is 3.48. The molecule has 1 aliphatic carbocycles. The molecule has 0 aromatic carbocycles. The molecule has 106 valence electrons. The minimum absolute atomic E-state index is 0.00660. The second-order valence-electron chi connectivity index (χ2n) is 5.92. The topological polar surface area (TPSA) is 62.1 Å². The summed E-state index contributed by atoms with van der Waals surface area (Å²) in [6, 6.07) is 2.38. The average molecular weight is 264 g/mol. The lowest BCUT2D eigenvalue weighted by Gasteiger charge is -2.31. The zero-order chi connectivity index (χ0) is 13.7. The van der Waals surface area contributed by atoms with Gasteiger partial charge in [-0.15, -0.1) is 0 Å². The lowest BCUT2D eigenvalue weighted by atomic mass is 9.84. The van der Waals surface area contributed by atoms with Crippen molar-refractivity contribution in [2.45, 2.75) is 69.9 Å². The van der Waals surface area contributed by atoms with Gasteiger partial charge in [-0.25, -0.2) is 0 Å². The number of hydrogen-bond acceptors (Lipinski definition) is 3. The van der Waals surface area contributed by atoms with E-state index in [1.165, 1.54) is 19.3 Å². The van der Waals surface area contributed by atoms with Gasteiger partial charge in [0.15, 0.2) is 0 Å². The van der Waals surface area contributed by atoms with Crippen molar-refractivity contribution < 1.29 is 9.53 Å². The quantitative estimate of drug-likeness (QED) is 0.833. The smallest absolute Gasteiger partial charge is 0.227 e. The van der Waals surface area contributed by atoms with Crippen molar-refractivity contribution in [3.8, 4) is 6.07 Å². The third-order valence-electron chi connectivity index (χ3n) is 4.50. The highest BCUT2D eigenvalue weighted by molar-refractivity contribution is 5.80. The maximum atomic E-state index is 12.3. The molecule has 0 aromatic rings. The number of nitrogens with one attached hydrogen (secondary N) is 1. The van der Waals surface area contributed by atoms with Gasteiger partial charge in [-0.05, 0) is 26.2 Å². The Morgan fingerprint density at radius 1 is 1.26 bits per heavy atom. The van der Waals surface area contributed by atoms with Crippen LogP contribution in [0.25, 0.3) is 0 Å². The first kappa shape index (κ1) is 14.3. The van der Waals surface area contributed by atoms with Crippen molar-refractivity contribution in [2.24, 2.45) is 5.92 Å². The summed E-state index contributed by atoms with van der Waals surface area (Å²) in [5.41, 5.74) is -0.639. The molecule has 1 saturated heterocycles. The first-order valence-corrected chi connectivity index (χ1v) is 7.52. The molecule has 0 aromatic heterocycles. The maximum Gasteiger partial charge on any atom is 0.227 e. The van der Waals surface area contributed by atoms with Crippen molar-refractivity contribution in [1.29, 1.82) is 5.26 Å². The van der Waals surface area contributed by atoms with E-state index in [2.05, 4.69) is 11.4 Å². The number of carbonyl (C=O) groups is 1. The molecule has 2 unspecified atom stereocenters. The molecule has 2 rings (SSSR count). The molecule has 1 N–H and O–H groups in total. The predicted molar refractivity (Wildman–Crippen MR) is 72.3 cm³/mol. The summed E-state index contributed by atoms with van der Waals surface area (Å²) in [5, 5.41) is 12.6. The van der Waals surface area contributed by atoms with Crippen molar-refractivity contribution in [3.63, 3.8) is 0 Å². The summed E-state index contributed by atoms with van der Waals surface area (Å²) >= 11 is 0. The van der Waals surface area contributed by atoms with Crippen LogP contribution in [0.3, 0.4) is 0 Å². The molecule has 4 heteroatoms. The molecule has 2 aliphatic rings. The lowest BCUT2D eigenvalue weighted by Crippen LogP contribution is -2.50. The van der Waals surface area contributed by atoms with Crippen molar-refractivity contribution >= 4 is 5.91 Å². The fraction of sp³-hybridized carbons (Fsp3) is 0.867. The van der Waals surface area contributed by atoms with E-state index in [1.807, 2.05) is 6.92 Å². The van der Waals surface area contributed by atoms with Gasteiger partial charge < -0.3 is 10.1 Å². The van der Waals surface area contributed by atoms with Crippen LogP contribution in [0, 0.1) is 17.2 Å². The zero-order valence-corrected chi connectivity index (χ0v) is 11.8. The Kier molecular flexibility index (Phi) is 4.81. The van der Waals surface area contributed by atoms with E-state index in [9.17, 15) is 10.1 Å². The predicted octanol–water partition coefficient (Wildman–Crippen LogP) is 2.53. The standard InChI is InChI=1S/C15H24N2O2/c1-12-13(7-10-19-12)14(18)17-15(11-16)8-5-3-2-4-6-9-15/h12-13H,2-10H2,1H3,(H,17,18). The van der Waals surface area contributed by atoms with Crippen LogP contribution in [0.2, 0.25) is 0 Å². The highest BCUT2D eigenvalue weighted by Crippen LogP contribution is 2.28. The van der Waals surface area contributed by atoms with E-state index in [-0.39, 0.29) is 17.9 Å². The number of hydrogen-bond donors (Lipinski definition) is 1. The molecular weight excluding hydrogens is 240 g/mol. The summed E-state index contributed by atoms with van der Waals surface area (Å²) in [4.78, 5) is 12.3. The fourth-order valence-electron chi connectivity index (χ4n) is 3.18. The van der Waals surface area contributed by atoms with Crippen molar-refractivity contribution in [3.05, 3.63) is 0 Å². The summed E-state index contributed by atoms with van der Waals surface area (Å²) < 4.78 is 5.44. The normalized spacial score (nSPS) is 30.9. The molecule has 1 aliphatic heterocycles. The molecule has 0 radical (unpaired) electrons. The minimum Gasteiger partial charge on any atom is -0.378 e. The summed E-state index contributed by atoms with van der Waals surface area (Å²) in [6.07, 6.45) is 7.98. The Morgan fingerprint density at radius 3 is 2.42 bits per heavy atom. The molecule has 2 atom stereocenters. The third-order valence-corrected chi connectivity index (χ3v) is 4.50. The average Bonchev–Trinajstić information content (AvgIpc) is 2.79. The number of nitrogens with zero attached hydrogens (tertiary/aromatic N) is 1. The minimum atomic E-state index is -0.639. The Labute approximate surface area is 115 Å². The maximum absolute atomic E-state index is 12.3. The van der Waals surface area contributed by atoms with Crippen LogP contribution in [-0.4, -0.2) is 24.2 Å². The van der Waals surface area contributed by atoms with Crippen LogP contribution in [0.15, 0.2) is 0 Å². The van der Waals surface area contributed by atoms with Gasteiger partial charge in [-0.1, -0.05) is 32.1 Å². The summed E-state index contributed by atoms with van der Waals surface area (Å²) in [7, 11) is 0. The van der Waals surface area contributed by atoms with E-state index in [0.717, 1.165) is 32.1 Å². The molecule has 0 spiro atoms. The second-order valence-corrected chi connectivity index (χ2v) is 5.92. The van der Waals surface area contributed by atoms with E-state index in [4.69, 9.17) is 4.74 Å². The SMILES string of the molecule is CC1OCCC1C(=O)NC1(C#N)CCCCCCC1. The van der Waals surface area contributed by atoms with Gasteiger partial charge >= 0.3 is 0 Å². The van der Waals surface area contributed by atoms with Crippen LogP contribution in [-0.2, 0) is 9.53 Å². The lowest BCUT2D eigenvalue weighted by molar-refractivity contribution is -0.128. The van der Waals surface area contributed by atoms with Gasteiger partial charge in [0.2, 0.25) is 5.91 Å². The van der Waals surface area contributed by atoms with E-state index in [1.54, 1.807) is 0 Å². The molecule has 4 nitrogen and oxygen atoms in total. The van der Waals surface area contributed by atoms with Crippen molar-refractivity contribution in [1.82, 2.24) is 5.32 Å². The first-order valence-electron chi connectivity index (χ1n) is 7.52. The van der Waals surface area contributed by atoms with Gasteiger partial charge in [-0.2, -0.15) is 5.26 Å². The Bertz CT molecular complexity index is 354. The number of amides is 1. The number of nitriles is 1. The van der Waals surface area contributed by atoms with Crippen molar-refractivity contribution in [2.75, 3.05) is 6.61 Å². The van der Waals surface area contributed by atoms with E-state index < -0.39 is 5.54 Å². The van der Waals surface area contributed by atoms with Crippen LogP contribution in [0.5, 0.6) is 0 Å². The number of carbonyl (C=O) groups excluding carboxylic acids is 1. The molecule has 1 saturated carbocycles. The van der Waals surface area contributed by atoms with Crippen LogP contribution >= 0.6 is 0 Å². The zero-order valence-electron chi connectivity index (χ0n) is 11.8. The van der Waals surface area contributed by atoms with Crippen LogP contribution in [0.1, 0.15) is 58.3 Å². The summed E-state index contributed by atoms with van der Waals surface area (Å²) in [6.45, 7) is 2.59. The second kappa shape index (κ2) is 6.38. The van der Waals surface area contributed by atoms with E-state index in [0.29, 0.717) is 6.61 Å². The molecule has 1 amide bonds. The molecule has 2 fully saturated rings. The van der Waals surface area contributed by atoms with E-state index >= 15 is 0 Å². The Hall–Kier alpha value is -1.08. The Balaban J connectivity index is 2.00. The number of ether oxygens (including phenoxy) is 1. The summed E-state index contributed by atoms with van der Waals surface area (Å²) in [5.74, 6) is -0.0808. The highest BCUT2D eigenvalue weighted by atomic mass is 16.5. The molecule has 0 bridgehead atoms. The fourth-order valence-corrected chi connectivity index (χ4v) is 3.18. The van der Waals surface area contributed by atoms with Gasteiger partial charge in [0.05, 0.1) is 18.1 Å². The first-order chi connectivity index (χ1) is 9.17. The van der Waals surface area contributed by atoms with Crippen LogP contribution < -0.4 is 5.32 Å². The largest absolute Gasteiger partial charge is 0.378 e. The Morgan fingerprint density at radius 2 is 1.89 bits per heavy atom. The molecular formula is C15H24N2O2. The number of rotatable bonds is 2. The van der Waals surface area contributed by atoms with Gasteiger partial charge in [-0.3, -0.25) is 4.79 Å². The van der Waals surface area contributed by atoms with Gasteiger partial charge in [0.1, 0.15) is 5.54 Å². The van der Waals surface area contributed by atoms with Crippen LogP contribution in [0.4, 0.5) is 0 Å². The molecule has 19 heavy (non-hydrogen) atoms. The van der Waals surface area contributed by atoms with Gasteiger partial charge in [0, 0.05) is 6.61 Å².